The summed E-state index contributed by atoms with van der Waals surface area (Å²) >= 11 is 0. The van der Waals surface area contributed by atoms with Crippen molar-refractivity contribution in [2.75, 3.05) is 6.61 Å². The normalized spacial score (nSPS) is 10.9. The highest BCUT2D eigenvalue weighted by Gasteiger charge is 2.02. The summed E-state index contributed by atoms with van der Waals surface area (Å²) in [6, 6.07) is 8.47. The Morgan fingerprint density at radius 1 is 1.20 bits per heavy atom. The standard InChI is InChI=1S/C15H22N4O/c1-2-13-6-3-4-7-14(13)10-16-11-15-12-19(18-17-15)8-5-9-20/h3-4,6-7,12,16,20H,2,5,8-11H2,1H3. The van der Waals surface area contributed by atoms with Gasteiger partial charge in [0.1, 0.15) is 0 Å². The molecule has 0 amide bonds. The molecule has 0 spiro atoms. The smallest absolute Gasteiger partial charge is 0.0964 e. The van der Waals surface area contributed by atoms with Gasteiger partial charge in [0.05, 0.1) is 5.69 Å². The molecule has 0 fully saturated rings. The molecule has 2 rings (SSSR count). The van der Waals surface area contributed by atoms with Crippen molar-refractivity contribution < 1.29 is 5.11 Å². The van der Waals surface area contributed by atoms with Gasteiger partial charge in [-0.15, -0.1) is 5.10 Å². The monoisotopic (exact) mass is 274 g/mol. The summed E-state index contributed by atoms with van der Waals surface area (Å²) in [5.41, 5.74) is 3.64. The third-order valence-electron chi connectivity index (χ3n) is 3.25. The van der Waals surface area contributed by atoms with Gasteiger partial charge in [0.15, 0.2) is 0 Å². The first-order valence-corrected chi connectivity index (χ1v) is 7.11. The zero-order chi connectivity index (χ0) is 14.2. The van der Waals surface area contributed by atoms with Gasteiger partial charge in [-0.3, -0.25) is 4.68 Å². The van der Waals surface area contributed by atoms with E-state index in [1.165, 1.54) is 11.1 Å². The maximum atomic E-state index is 8.78. The maximum absolute atomic E-state index is 8.78. The van der Waals surface area contributed by atoms with Gasteiger partial charge in [-0.25, -0.2) is 0 Å². The van der Waals surface area contributed by atoms with Crippen LogP contribution < -0.4 is 5.32 Å². The van der Waals surface area contributed by atoms with E-state index in [1.807, 2.05) is 6.20 Å². The number of aliphatic hydroxyl groups is 1. The van der Waals surface area contributed by atoms with Crippen molar-refractivity contribution in [2.45, 2.75) is 39.4 Å². The fourth-order valence-electron chi connectivity index (χ4n) is 2.16. The number of nitrogens with zero attached hydrogens (tertiary/aromatic N) is 3. The van der Waals surface area contributed by atoms with Crippen molar-refractivity contribution in [1.82, 2.24) is 20.3 Å². The Hall–Kier alpha value is -1.72. The quantitative estimate of drug-likeness (QED) is 0.766. The van der Waals surface area contributed by atoms with E-state index in [4.69, 9.17) is 5.11 Å². The van der Waals surface area contributed by atoms with Crippen molar-refractivity contribution in [1.29, 1.82) is 0 Å². The third kappa shape index (κ3) is 4.15. The lowest BCUT2D eigenvalue weighted by Crippen LogP contribution is -2.14. The van der Waals surface area contributed by atoms with Gasteiger partial charge in [-0.2, -0.15) is 0 Å². The van der Waals surface area contributed by atoms with E-state index in [2.05, 4.69) is 46.8 Å². The Bertz CT molecular complexity index is 524. The number of hydrogen-bond acceptors (Lipinski definition) is 4. The van der Waals surface area contributed by atoms with Crippen LogP contribution in [0.3, 0.4) is 0 Å². The number of rotatable bonds is 8. The largest absolute Gasteiger partial charge is 0.396 e. The molecule has 0 bridgehead atoms. The molecule has 108 valence electrons. The predicted octanol–water partition coefficient (Wildman–Crippen LogP) is 1.51. The molecule has 0 aliphatic rings. The van der Waals surface area contributed by atoms with E-state index in [0.717, 1.165) is 18.7 Å². The first-order chi connectivity index (χ1) is 9.83. The Kier molecular flexibility index (Phi) is 5.70. The molecule has 20 heavy (non-hydrogen) atoms. The molecule has 1 heterocycles. The van der Waals surface area contributed by atoms with Gasteiger partial charge < -0.3 is 10.4 Å². The zero-order valence-electron chi connectivity index (χ0n) is 11.9. The molecule has 2 N–H and O–H groups in total. The van der Waals surface area contributed by atoms with Crippen LogP contribution in [-0.2, 0) is 26.1 Å². The SMILES string of the molecule is CCc1ccccc1CNCc1cn(CCCO)nn1. The zero-order valence-corrected chi connectivity index (χ0v) is 11.9. The van der Waals surface area contributed by atoms with E-state index in [0.29, 0.717) is 19.5 Å². The minimum atomic E-state index is 0.182. The van der Waals surface area contributed by atoms with Gasteiger partial charge in [0, 0.05) is 32.4 Å². The van der Waals surface area contributed by atoms with Gasteiger partial charge >= 0.3 is 0 Å². The van der Waals surface area contributed by atoms with Gasteiger partial charge in [0.2, 0.25) is 0 Å². The van der Waals surface area contributed by atoms with Crippen LogP contribution >= 0.6 is 0 Å². The van der Waals surface area contributed by atoms with Crippen molar-refractivity contribution >= 4 is 0 Å². The fraction of sp³-hybridized carbons (Fsp3) is 0.467. The van der Waals surface area contributed by atoms with Crippen LogP contribution in [0.15, 0.2) is 30.5 Å². The van der Waals surface area contributed by atoms with Gasteiger partial charge in [0.25, 0.3) is 0 Å². The van der Waals surface area contributed by atoms with E-state index >= 15 is 0 Å². The molecule has 1 aromatic heterocycles. The van der Waals surface area contributed by atoms with E-state index in [9.17, 15) is 0 Å². The summed E-state index contributed by atoms with van der Waals surface area (Å²) in [7, 11) is 0. The molecule has 0 atom stereocenters. The van der Waals surface area contributed by atoms with Crippen LogP contribution in [0, 0.1) is 0 Å². The molecule has 0 unspecified atom stereocenters. The molecule has 0 aliphatic carbocycles. The van der Waals surface area contributed by atoms with Gasteiger partial charge in [-0.05, 0) is 24.0 Å². The first kappa shape index (κ1) is 14.7. The fourth-order valence-corrected chi connectivity index (χ4v) is 2.16. The lowest BCUT2D eigenvalue weighted by atomic mass is 10.1. The van der Waals surface area contributed by atoms with Crippen LogP contribution in [0.2, 0.25) is 0 Å². The molecule has 0 radical (unpaired) electrons. The molecular weight excluding hydrogens is 252 g/mol. The highest BCUT2D eigenvalue weighted by atomic mass is 16.3. The van der Waals surface area contributed by atoms with Crippen LogP contribution in [0.1, 0.15) is 30.2 Å². The summed E-state index contributed by atoms with van der Waals surface area (Å²) in [6.45, 7) is 4.61. The average Bonchev–Trinajstić information content (AvgIpc) is 2.93. The average molecular weight is 274 g/mol. The summed E-state index contributed by atoms with van der Waals surface area (Å²) in [5.74, 6) is 0. The summed E-state index contributed by atoms with van der Waals surface area (Å²) in [4.78, 5) is 0. The number of hydrogen-bond donors (Lipinski definition) is 2. The Labute approximate surface area is 119 Å². The lowest BCUT2D eigenvalue weighted by molar-refractivity contribution is 0.276. The van der Waals surface area contributed by atoms with Crippen molar-refractivity contribution in [3.8, 4) is 0 Å². The number of aromatic nitrogens is 3. The lowest BCUT2D eigenvalue weighted by Gasteiger charge is -2.07. The number of aryl methyl sites for hydroxylation is 2. The van der Waals surface area contributed by atoms with Crippen LogP contribution in [-0.4, -0.2) is 26.7 Å². The minimum absolute atomic E-state index is 0.182. The number of benzene rings is 1. The number of nitrogens with one attached hydrogen (secondary N) is 1. The molecule has 0 saturated carbocycles. The molecule has 0 aliphatic heterocycles. The molecular formula is C15H22N4O. The highest BCUT2D eigenvalue weighted by Crippen LogP contribution is 2.09. The Balaban J connectivity index is 1.82. The second kappa shape index (κ2) is 7.77. The first-order valence-electron chi connectivity index (χ1n) is 7.11. The second-order valence-corrected chi connectivity index (χ2v) is 4.78. The van der Waals surface area contributed by atoms with Crippen LogP contribution in [0.25, 0.3) is 0 Å². The highest BCUT2D eigenvalue weighted by molar-refractivity contribution is 5.26. The predicted molar refractivity (Wildman–Crippen MR) is 78.1 cm³/mol. The summed E-state index contributed by atoms with van der Waals surface area (Å²) < 4.78 is 1.77. The van der Waals surface area contributed by atoms with Crippen molar-refractivity contribution in [3.63, 3.8) is 0 Å². The van der Waals surface area contributed by atoms with E-state index in [1.54, 1.807) is 4.68 Å². The van der Waals surface area contributed by atoms with Crippen LogP contribution in [0.4, 0.5) is 0 Å². The molecule has 5 heteroatoms. The summed E-state index contributed by atoms with van der Waals surface area (Å²) in [5, 5.41) is 20.3. The molecule has 5 nitrogen and oxygen atoms in total. The van der Waals surface area contributed by atoms with E-state index < -0.39 is 0 Å². The molecule has 1 aromatic carbocycles. The Morgan fingerprint density at radius 2 is 2.00 bits per heavy atom. The third-order valence-corrected chi connectivity index (χ3v) is 3.25. The maximum Gasteiger partial charge on any atom is 0.0964 e. The molecule has 0 saturated heterocycles. The Morgan fingerprint density at radius 3 is 2.75 bits per heavy atom. The van der Waals surface area contributed by atoms with Crippen LogP contribution in [0.5, 0.6) is 0 Å². The van der Waals surface area contributed by atoms with E-state index in [-0.39, 0.29) is 6.61 Å². The van der Waals surface area contributed by atoms with Crippen molar-refractivity contribution in [3.05, 3.63) is 47.3 Å². The topological polar surface area (TPSA) is 63.0 Å². The summed E-state index contributed by atoms with van der Waals surface area (Å²) in [6.07, 6.45) is 3.68. The van der Waals surface area contributed by atoms with Gasteiger partial charge in [-0.1, -0.05) is 36.4 Å². The molecule has 2 aromatic rings. The second-order valence-electron chi connectivity index (χ2n) is 4.78. The number of aliphatic hydroxyl groups excluding tert-OH is 1. The minimum Gasteiger partial charge on any atom is -0.396 e. The van der Waals surface area contributed by atoms with Crippen molar-refractivity contribution in [2.24, 2.45) is 0 Å².